The Balaban J connectivity index is 2.45. The Hall–Kier alpha value is -1.63. The van der Waals surface area contributed by atoms with E-state index >= 15 is 0 Å². The van der Waals surface area contributed by atoms with Crippen molar-refractivity contribution in [1.82, 2.24) is 0 Å². The molecule has 2 aromatic rings. The fourth-order valence-electron chi connectivity index (χ4n) is 2.03. The van der Waals surface area contributed by atoms with Crippen molar-refractivity contribution < 1.29 is 9.09 Å². The van der Waals surface area contributed by atoms with Gasteiger partial charge in [0.1, 0.15) is 0 Å². The van der Waals surface area contributed by atoms with E-state index in [4.69, 9.17) is 4.52 Å². The topological polar surface area (TPSA) is 26.3 Å². The van der Waals surface area contributed by atoms with Crippen LogP contribution < -0.4 is 5.30 Å². The summed E-state index contributed by atoms with van der Waals surface area (Å²) in [4.78, 5) is 0. The Morgan fingerprint density at radius 2 is 1.70 bits per heavy atom. The van der Waals surface area contributed by atoms with E-state index in [0.29, 0.717) is 17.2 Å². The standard InChI is InChI=1S/C17H19O2P/c1-4-19-20(18,17-8-6-5-7-9-17)15(3)16-12-10-14(2)11-13-16/h5-13H,3-4H2,1-2H3. The number of rotatable bonds is 5. The molecule has 0 radical (unpaired) electrons. The molecule has 20 heavy (non-hydrogen) atoms. The summed E-state index contributed by atoms with van der Waals surface area (Å²) in [6, 6.07) is 17.1. The molecule has 1 unspecified atom stereocenters. The Bertz CT molecular complexity index is 630. The first-order chi connectivity index (χ1) is 9.58. The largest absolute Gasteiger partial charge is 0.322 e. The average molecular weight is 286 g/mol. The van der Waals surface area contributed by atoms with Crippen LogP contribution in [0.5, 0.6) is 0 Å². The van der Waals surface area contributed by atoms with Gasteiger partial charge >= 0.3 is 0 Å². The van der Waals surface area contributed by atoms with Gasteiger partial charge in [-0.15, -0.1) is 0 Å². The second kappa shape index (κ2) is 6.21. The summed E-state index contributed by atoms with van der Waals surface area (Å²) in [7, 11) is -3.09. The van der Waals surface area contributed by atoms with Crippen LogP contribution in [-0.4, -0.2) is 6.61 Å². The van der Waals surface area contributed by atoms with E-state index in [-0.39, 0.29) is 0 Å². The van der Waals surface area contributed by atoms with Crippen molar-refractivity contribution in [2.75, 3.05) is 6.61 Å². The highest BCUT2D eigenvalue weighted by Gasteiger charge is 2.30. The van der Waals surface area contributed by atoms with Gasteiger partial charge in [-0.3, -0.25) is 4.57 Å². The summed E-state index contributed by atoms with van der Waals surface area (Å²) in [6.07, 6.45) is 0. The average Bonchev–Trinajstić information content (AvgIpc) is 2.48. The van der Waals surface area contributed by atoms with Gasteiger partial charge in [0.2, 0.25) is 0 Å². The Morgan fingerprint density at radius 3 is 2.25 bits per heavy atom. The first kappa shape index (κ1) is 14.8. The fraction of sp³-hybridized carbons (Fsp3) is 0.176. The van der Waals surface area contributed by atoms with Gasteiger partial charge in [-0.2, -0.15) is 0 Å². The van der Waals surface area contributed by atoms with Gasteiger partial charge in [0, 0.05) is 10.6 Å². The van der Waals surface area contributed by atoms with E-state index in [0.717, 1.165) is 11.1 Å². The Labute approximate surface area is 120 Å². The van der Waals surface area contributed by atoms with Crippen molar-refractivity contribution in [2.24, 2.45) is 0 Å². The van der Waals surface area contributed by atoms with E-state index in [1.807, 2.05) is 68.4 Å². The van der Waals surface area contributed by atoms with Gasteiger partial charge in [-0.25, -0.2) is 0 Å². The lowest BCUT2D eigenvalue weighted by Crippen LogP contribution is -2.08. The minimum atomic E-state index is -3.09. The third kappa shape index (κ3) is 2.92. The molecule has 3 heteroatoms. The maximum atomic E-state index is 13.3. The summed E-state index contributed by atoms with van der Waals surface area (Å²) >= 11 is 0. The van der Waals surface area contributed by atoms with Crippen LogP contribution in [0, 0.1) is 6.92 Å². The van der Waals surface area contributed by atoms with Crippen molar-refractivity contribution in [3.63, 3.8) is 0 Å². The summed E-state index contributed by atoms with van der Waals surface area (Å²) in [5, 5.41) is 1.23. The number of benzene rings is 2. The molecule has 2 nitrogen and oxygen atoms in total. The van der Waals surface area contributed by atoms with E-state index in [1.165, 1.54) is 0 Å². The van der Waals surface area contributed by atoms with E-state index in [1.54, 1.807) is 0 Å². The van der Waals surface area contributed by atoms with Crippen LogP contribution in [-0.2, 0) is 9.09 Å². The molecule has 0 N–H and O–H groups in total. The zero-order chi connectivity index (χ0) is 14.6. The van der Waals surface area contributed by atoms with Crippen LogP contribution in [0.15, 0.2) is 61.2 Å². The zero-order valence-corrected chi connectivity index (χ0v) is 12.8. The number of hydrogen-bond donors (Lipinski definition) is 0. The molecule has 2 aromatic carbocycles. The fourth-order valence-corrected chi connectivity index (χ4v) is 4.06. The molecular formula is C17H19O2P. The third-order valence-corrected chi connectivity index (χ3v) is 5.72. The molecule has 0 saturated heterocycles. The molecule has 0 bridgehead atoms. The van der Waals surface area contributed by atoms with Gasteiger partial charge < -0.3 is 4.52 Å². The lowest BCUT2D eigenvalue weighted by molar-refractivity contribution is 0.348. The van der Waals surface area contributed by atoms with E-state index < -0.39 is 7.37 Å². The predicted molar refractivity (Wildman–Crippen MR) is 85.5 cm³/mol. The van der Waals surface area contributed by atoms with Crippen LogP contribution in [0.2, 0.25) is 0 Å². The summed E-state index contributed by atoms with van der Waals surface area (Å²) in [5.74, 6) is 0. The molecule has 0 amide bonds. The second-order valence-electron chi connectivity index (χ2n) is 4.62. The van der Waals surface area contributed by atoms with E-state index in [2.05, 4.69) is 6.58 Å². The molecular weight excluding hydrogens is 267 g/mol. The lowest BCUT2D eigenvalue weighted by Gasteiger charge is -2.20. The van der Waals surface area contributed by atoms with Gasteiger partial charge in [-0.05, 0) is 31.5 Å². The molecule has 1 atom stereocenters. The molecule has 0 saturated carbocycles. The molecule has 2 rings (SSSR count). The van der Waals surface area contributed by atoms with Crippen molar-refractivity contribution in [3.05, 3.63) is 72.3 Å². The summed E-state index contributed by atoms with van der Waals surface area (Å²) in [6.45, 7) is 8.28. The second-order valence-corrected chi connectivity index (χ2v) is 7.03. The summed E-state index contributed by atoms with van der Waals surface area (Å²) < 4.78 is 18.9. The molecule has 0 spiro atoms. The van der Waals surface area contributed by atoms with Crippen LogP contribution in [0.1, 0.15) is 18.1 Å². The molecule has 0 aliphatic heterocycles. The van der Waals surface area contributed by atoms with Crippen LogP contribution in [0.25, 0.3) is 5.31 Å². The maximum absolute atomic E-state index is 13.3. The first-order valence-corrected chi connectivity index (χ1v) is 8.27. The highest BCUT2D eigenvalue weighted by Crippen LogP contribution is 2.57. The molecule has 0 heterocycles. The van der Waals surface area contributed by atoms with Crippen LogP contribution in [0.4, 0.5) is 0 Å². The zero-order valence-electron chi connectivity index (χ0n) is 11.9. The smallest absolute Gasteiger partial charge is 0.261 e. The third-order valence-electron chi connectivity index (χ3n) is 3.15. The van der Waals surface area contributed by atoms with Crippen molar-refractivity contribution in [2.45, 2.75) is 13.8 Å². The Morgan fingerprint density at radius 1 is 1.10 bits per heavy atom. The summed E-state index contributed by atoms with van der Waals surface area (Å²) in [5.41, 5.74) is 2.02. The van der Waals surface area contributed by atoms with Gasteiger partial charge in [0.05, 0.1) is 6.61 Å². The van der Waals surface area contributed by atoms with Gasteiger partial charge in [0.15, 0.2) is 0 Å². The van der Waals surface area contributed by atoms with Crippen molar-refractivity contribution >= 4 is 18.0 Å². The molecule has 0 aliphatic rings. The number of hydrogen-bond acceptors (Lipinski definition) is 2. The predicted octanol–water partition coefficient (Wildman–Crippen LogP) is 4.61. The van der Waals surface area contributed by atoms with E-state index in [9.17, 15) is 4.57 Å². The quantitative estimate of drug-likeness (QED) is 0.750. The van der Waals surface area contributed by atoms with Crippen LogP contribution in [0.3, 0.4) is 0 Å². The van der Waals surface area contributed by atoms with Gasteiger partial charge in [-0.1, -0.05) is 54.6 Å². The maximum Gasteiger partial charge on any atom is 0.261 e. The van der Waals surface area contributed by atoms with Gasteiger partial charge in [0.25, 0.3) is 7.37 Å². The van der Waals surface area contributed by atoms with Crippen LogP contribution >= 0.6 is 7.37 Å². The van der Waals surface area contributed by atoms with Crippen molar-refractivity contribution in [1.29, 1.82) is 0 Å². The normalized spacial score (nSPS) is 13.7. The molecule has 0 aliphatic carbocycles. The monoisotopic (exact) mass is 286 g/mol. The molecule has 104 valence electrons. The minimum Gasteiger partial charge on any atom is -0.322 e. The lowest BCUT2D eigenvalue weighted by atomic mass is 10.1. The van der Waals surface area contributed by atoms with Crippen molar-refractivity contribution in [3.8, 4) is 0 Å². The highest BCUT2D eigenvalue weighted by molar-refractivity contribution is 7.76. The number of aryl methyl sites for hydroxylation is 1. The molecule has 0 aromatic heterocycles. The highest BCUT2D eigenvalue weighted by atomic mass is 31.2. The minimum absolute atomic E-state index is 0.386. The SMILES string of the molecule is C=C(c1ccc(C)cc1)P(=O)(OCC)c1ccccc1. The molecule has 0 fully saturated rings. The first-order valence-electron chi connectivity index (χ1n) is 6.64. The Kier molecular flexibility index (Phi) is 4.59.